The van der Waals surface area contributed by atoms with Crippen molar-refractivity contribution in [1.29, 1.82) is 0 Å². The quantitative estimate of drug-likeness (QED) is 0.539. The van der Waals surface area contributed by atoms with Gasteiger partial charge in [0, 0.05) is 0 Å². The molecule has 17 heavy (non-hydrogen) atoms. The third kappa shape index (κ3) is 3.86. The van der Waals surface area contributed by atoms with Gasteiger partial charge in [0.15, 0.2) is 6.10 Å². The molecule has 6 heteroatoms. The lowest BCUT2D eigenvalue weighted by Crippen LogP contribution is -2.40. The van der Waals surface area contributed by atoms with Crippen LogP contribution in [0.5, 0.6) is 0 Å². The molecule has 5 N–H and O–H groups in total. The van der Waals surface area contributed by atoms with Crippen molar-refractivity contribution in [3.63, 3.8) is 0 Å². The number of carbonyl (C=O) groups excluding carboxylic acids is 1. The Balaban J connectivity index is 2.51. The second-order valence-electron chi connectivity index (χ2n) is 3.49. The number of nitrogens with two attached hydrogens (primary N) is 1. The van der Waals surface area contributed by atoms with Gasteiger partial charge in [-0.25, -0.2) is 4.79 Å². The molecule has 0 bridgehead atoms. The SMILES string of the molecule is N[C@@H](C(=O)NC[C@H](O)C(=O)O)c1ccccc1. The average molecular weight is 238 g/mol. The lowest BCUT2D eigenvalue weighted by atomic mass is 10.1. The van der Waals surface area contributed by atoms with Crippen molar-refractivity contribution in [2.75, 3.05) is 6.54 Å². The van der Waals surface area contributed by atoms with Crippen LogP contribution in [0.2, 0.25) is 0 Å². The van der Waals surface area contributed by atoms with Gasteiger partial charge in [0.25, 0.3) is 0 Å². The number of amides is 1. The maximum Gasteiger partial charge on any atom is 0.334 e. The van der Waals surface area contributed by atoms with Crippen molar-refractivity contribution in [2.45, 2.75) is 12.1 Å². The predicted octanol–water partition coefficient (Wildman–Crippen LogP) is -0.752. The smallest absolute Gasteiger partial charge is 0.334 e. The van der Waals surface area contributed by atoms with Crippen LogP contribution in [0.15, 0.2) is 30.3 Å². The van der Waals surface area contributed by atoms with Gasteiger partial charge >= 0.3 is 5.97 Å². The molecular weight excluding hydrogens is 224 g/mol. The Hall–Kier alpha value is -1.92. The number of aliphatic hydroxyl groups is 1. The standard InChI is InChI=1S/C11H14N2O4/c12-9(7-4-2-1-3-5-7)10(15)13-6-8(14)11(16)17/h1-5,8-9,14H,6,12H2,(H,13,15)(H,16,17)/t8-,9+/m0/s1. The van der Waals surface area contributed by atoms with Crippen LogP contribution in [-0.4, -0.2) is 34.7 Å². The van der Waals surface area contributed by atoms with Crippen molar-refractivity contribution in [2.24, 2.45) is 5.73 Å². The summed E-state index contributed by atoms with van der Waals surface area (Å²) in [5.74, 6) is -1.92. The number of aliphatic hydroxyl groups excluding tert-OH is 1. The topological polar surface area (TPSA) is 113 Å². The van der Waals surface area contributed by atoms with Crippen LogP contribution in [-0.2, 0) is 9.59 Å². The minimum atomic E-state index is -1.62. The van der Waals surface area contributed by atoms with E-state index in [-0.39, 0.29) is 6.54 Å². The molecule has 1 rings (SSSR count). The van der Waals surface area contributed by atoms with Crippen LogP contribution in [0, 0.1) is 0 Å². The summed E-state index contributed by atoms with van der Waals surface area (Å²) in [6, 6.07) is 7.79. The van der Waals surface area contributed by atoms with Gasteiger partial charge in [0.1, 0.15) is 6.04 Å². The molecule has 1 amide bonds. The second-order valence-corrected chi connectivity index (χ2v) is 3.49. The summed E-state index contributed by atoms with van der Waals surface area (Å²) in [6.07, 6.45) is -1.62. The first-order chi connectivity index (χ1) is 8.02. The fourth-order valence-corrected chi connectivity index (χ4v) is 1.21. The lowest BCUT2D eigenvalue weighted by molar-refractivity contribution is -0.146. The van der Waals surface area contributed by atoms with E-state index in [1.807, 2.05) is 0 Å². The Kier molecular flexibility index (Phi) is 4.62. The van der Waals surface area contributed by atoms with Crippen molar-refractivity contribution in [1.82, 2.24) is 5.32 Å². The molecule has 0 radical (unpaired) electrons. The molecule has 0 aliphatic heterocycles. The molecule has 0 unspecified atom stereocenters. The summed E-state index contributed by atoms with van der Waals surface area (Å²) in [5.41, 5.74) is 6.28. The molecule has 1 aromatic rings. The highest BCUT2D eigenvalue weighted by Gasteiger charge is 2.18. The van der Waals surface area contributed by atoms with Gasteiger partial charge in [0.05, 0.1) is 6.54 Å². The minimum absolute atomic E-state index is 0.366. The molecular formula is C11H14N2O4. The Morgan fingerprint density at radius 1 is 1.29 bits per heavy atom. The van der Waals surface area contributed by atoms with Gasteiger partial charge in [-0.1, -0.05) is 30.3 Å². The lowest BCUT2D eigenvalue weighted by Gasteiger charge is -2.13. The van der Waals surface area contributed by atoms with Crippen molar-refractivity contribution < 1.29 is 19.8 Å². The van der Waals surface area contributed by atoms with E-state index in [0.717, 1.165) is 0 Å². The zero-order chi connectivity index (χ0) is 12.8. The normalized spacial score (nSPS) is 13.8. The molecule has 1 aromatic carbocycles. The first kappa shape index (κ1) is 13.1. The highest BCUT2D eigenvalue weighted by Crippen LogP contribution is 2.08. The molecule has 92 valence electrons. The molecule has 0 saturated carbocycles. The Morgan fingerprint density at radius 2 is 1.88 bits per heavy atom. The molecule has 0 heterocycles. The Labute approximate surface area is 98.1 Å². The van der Waals surface area contributed by atoms with E-state index >= 15 is 0 Å². The van der Waals surface area contributed by atoms with Gasteiger partial charge in [-0.2, -0.15) is 0 Å². The summed E-state index contributed by atoms with van der Waals surface area (Å²) in [6.45, 7) is -0.366. The van der Waals surface area contributed by atoms with Crippen molar-refractivity contribution in [3.8, 4) is 0 Å². The summed E-state index contributed by atoms with van der Waals surface area (Å²) in [5, 5.41) is 19.7. The van der Waals surface area contributed by atoms with E-state index in [1.54, 1.807) is 30.3 Å². The molecule has 0 aliphatic carbocycles. The third-order valence-electron chi connectivity index (χ3n) is 2.20. The van der Waals surface area contributed by atoms with E-state index in [1.165, 1.54) is 0 Å². The molecule has 0 saturated heterocycles. The van der Waals surface area contributed by atoms with Gasteiger partial charge < -0.3 is 21.3 Å². The van der Waals surface area contributed by atoms with E-state index < -0.39 is 24.0 Å². The number of nitrogens with one attached hydrogen (secondary N) is 1. The maximum absolute atomic E-state index is 11.5. The largest absolute Gasteiger partial charge is 0.479 e. The number of aliphatic carboxylic acids is 1. The molecule has 0 spiro atoms. The summed E-state index contributed by atoms with van der Waals surface area (Å²) < 4.78 is 0. The predicted molar refractivity (Wildman–Crippen MR) is 60.0 cm³/mol. The van der Waals surface area contributed by atoms with E-state index in [9.17, 15) is 9.59 Å². The van der Waals surface area contributed by atoms with Gasteiger partial charge in [-0.3, -0.25) is 4.79 Å². The third-order valence-corrected chi connectivity index (χ3v) is 2.20. The molecule has 0 aliphatic rings. The highest BCUT2D eigenvalue weighted by molar-refractivity contribution is 5.83. The first-order valence-corrected chi connectivity index (χ1v) is 5.01. The monoisotopic (exact) mass is 238 g/mol. The van der Waals surface area contributed by atoms with Crippen LogP contribution in [0.3, 0.4) is 0 Å². The summed E-state index contributed by atoms with van der Waals surface area (Å²) in [7, 11) is 0. The van der Waals surface area contributed by atoms with E-state index in [0.29, 0.717) is 5.56 Å². The fourth-order valence-electron chi connectivity index (χ4n) is 1.21. The Bertz CT molecular complexity index is 394. The van der Waals surface area contributed by atoms with E-state index in [4.69, 9.17) is 15.9 Å². The van der Waals surface area contributed by atoms with Gasteiger partial charge in [-0.15, -0.1) is 0 Å². The molecule has 2 atom stereocenters. The molecule has 0 aromatic heterocycles. The zero-order valence-electron chi connectivity index (χ0n) is 9.04. The maximum atomic E-state index is 11.5. The van der Waals surface area contributed by atoms with Crippen LogP contribution in [0.25, 0.3) is 0 Å². The van der Waals surface area contributed by atoms with Crippen LogP contribution >= 0.6 is 0 Å². The van der Waals surface area contributed by atoms with Gasteiger partial charge in [0.2, 0.25) is 5.91 Å². The molecule has 0 fully saturated rings. The number of hydrogen-bond acceptors (Lipinski definition) is 4. The summed E-state index contributed by atoms with van der Waals surface area (Å²) >= 11 is 0. The van der Waals surface area contributed by atoms with Crippen LogP contribution < -0.4 is 11.1 Å². The number of carbonyl (C=O) groups is 2. The number of hydrogen-bond donors (Lipinski definition) is 4. The number of carboxylic acid groups (broad SMARTS) is 1. The zero-order valence-corrected chi connectivity index (χ0v) is 9.04. The number of rotatable bonds is 5. The van der Waals surface area contributed by atoms with Gasteiger partial charge in [-0.05, 0) is 5.56 Å². The number of carboxylic acids is 1. The number of benzene rings is 1. The van der Waals surface area contributed by atoms with Crippen molar-refractivity contribution in [3.05, 3.63) is 35.9 Å². The minimum Gasteiger partial charge on any atom is -0.479 e. The molecule has 6 nitrogen and oxygen atoms in total. The van der Waals surface area contributed by atoms with Crippen molar-refractivity contribution >= 4 is 11.9 Å². The van der Waals surface area contributed by atoms with Crippen LogP contribution in [0.1, 0.15) is 11.6 Å². The first-order valence-electron chi connectivity index (χ1n) is 5.01. The fraction of sp³-hybridized carbons (Fsp3) is 0.273. The highest BCUT2D eigenvalue weighted by atomic mass is 16.4. The van der Waals surface area contributed by atoms with Crippen LogP contribution in [0.4, 0.5) is 0 Å². The average Bonchev–Trinajstić information content (AvgIpc) is 2.35. The Morgan fingerprint density at radius 3 is 2.41 bits per heavy atom. The second kappa shape index (κ2) is 5.97. The van der Waals surface area contributed by atoms with E-state index in [2.05, 4.69) is 5.32 Å². The summed E-state index contributed by atoms with van der Waals surface area (Å²) in [4.78, 5) is 21.8.